The highest BCUT2D eigenvalue weighted by atomic mass is 19.1. The zero-order valence-corrected chi connectivity index (χ0v) is 8.47. The van der Waals surface area contributed by atoms with Gasteiger partial charge in [0.15, 0.2) is 0 Å². The van der Waals surface area contributed by atoms with Crippen molar-refractivity contribution in [3.05, 3.63) is 34.9 Å². The van der Waals surface area contributed by atoms with Crippen molar-refractivity contribution in [2.75, 3.05) is 6.61 Å². The largest absolute Gasteiger partial charge is 0.477 e. The number of hydrogen-bond donors (Lipinski definition) is 4. The number of aliphatic hydroxyl groups is 3. The molecule has 0 spiro atoms. The minimum Gasteiger partial charge on any atom is -0.477 e. The van der Waals surface area contributed by atoms with E-state index in [9.17, 15) is 18.7 Å². The highest BCUT2D eigenvalue weighted by molar-refractivity contribution is 5.88. The molecule has 1 aromatic carbocycles. The summed E-state index contributed by atoms with van der Waals surface area (Å²) in [6.07, 6.45) is -3.52. The standard InChI is InChI=1S/C10H10F2O5/c11-5-2-1-4(9(15)6(14)3-13)8(12)7(5)10(16)17/h1-2,6,9,13-15H,3H2,(H,16,17). The molecule has 5 nitrogen and oxygen atoms in total. The lowest BCUT2D eigenvalue weighted by Gasteiger charge is -2.17. The van der Waals surface area contributed by atoms with Crippen molar-refractivity contribution >= 4 is 5.97 Å². The Morgan fingerprint density at radius 3 is 2.35 bits per heavy atom. The molecular weight excluding hydrogens is 238 g/mol. The van der Waals surface area contributed by atoms with E-state index in [1.165, 1.54) is 0 Å². The number of aliphatic hydroxyl groups excluding tert-OH is 3. The fourth-order valence-corrected chi connectivity index (χ4v) is 1.30. The number of carboxylic acids is 1. The lowest BCUT2D eigenvalue weighted by molar-refractivity contribution is -0.0169. The summed E-state index contributed by atoms with van der Waals surface area (Å²) in [6.45, 7) is -0.847. The molecule has 0 radical (unpaired) electrons. The molecule has 2 atom stereocenters. The summed E-state index contributed by atoms with van der Waals surface area (Å²) < 4.78 is 26.6. The maximum Gasteiger partial charge on any atom is 0.341 e. The van der Waals surface area contributed by atoms with Gasteiger partial charge in [-0.1, -0.05) is 6.07 Å². The van der Waals surface area contributed by atoms with Gasteiger partial charge in [-0.3, -0.25) is 0 Å². The van der Waals surface area contributed by atoms with Gasteiger partial charge in [-0.15, -0.1) is 0 Å². The quantitative estimate of drug-likeness (QED) is 0.603. The lowest BCUT2D eigenvalue weighted by Crippen LogP contribution is -2.24. The highest BCUT2D eigenvalue weighted by Crippen LogP contribution is 2.24. The maximum absolute atomic E-state index is 13.6. The third kappa shape index (κ3) is 2.57. The van der Waals surface area contributed by atoms with Gasteiger partial charge in [0.25, 0.3) is 0 Å². The van der Waals surface area contributed by atoms with Crippen molar-refractivity contribution in [2.24, 2.45) is 0 Å². The molecule has 0 bridgehead atoms. The fraction of sp³-hybridized carbons (Fsp3) is 0.300. The van der Waals surface area contributed by atoms with Crippen molar-refractivity contribution in [1.82, 2.24) is 0 Å². The number of hydrogen-bond acceptors (Lipinski definition) is 4. The van der Waals surface area contributed by atoms with Crippen molar-refractivity contribution in [1.29, 1.82) is 0 Å². The third-order valence-corrected chi connectivity index (χ3v) is 2.21. The molecule has 1 rings (SSSR count). The smallest absolute Gasteiger partial charge is 0.341 e. The monoisotopic (exact) mass is 248 g/mol. The summed E-state index contributed by atoms with van der Waals surface area (Å²) in [5.74, 6) is -4.59. The Morgan fingerprint density at radius 1 is 1.29 bits per heavy atom. The first-order valence-electron chi connectivity index (χ1n) is 4.58. The van der Waals surface area contributed by atoms with Crippen molar-refractivity contribution in [3.8, 4) is 0 Å². The van der Waals surface area contributed by atoms with Crippen LogP contribution in [0.15, 0.2) is 12.1 Å². The average molecular weight is 248 g/mol. The number of carboxylic acid groups (broad SMARTS) is 1. The number of aromatic carboxylic acids is 1. The van der Waals surface area contributed by atoms with Crippen LogP contribution < -0.4 is 0 Å². The Morgan fingerprint density at radius 2 is 1.88 bits per heavy atom. The van der Waals surface area contributed by atoms with Crippen molar-refractivity contribution in [3.63, 3.8) is 0 Å². The van der Waals surface area contributed by atoms with E-state index < -0.39 is 47.5 Å². The second kappa shape index (κ2) is 5.17. The fourth-order valence-electron chi connectivity index (χ4n) is 1.30. The van der Waals surface area contributed by atoms with Gasteiger partial charge in [0.1, 0.15) is 29.4 Å². The van der Waals surface area contributed by atoms with Gasteiger partial charge in [-0.2, -0.15) is 0 Å². The van der Waals surface area contributed by atoms with E-state index in [1.807, 2.05) is 0 Å². The van der Waals surface area contributed by atoms with Crippen LogP contribution >= 0.6 is 0 Å². The molecule has 2 unspecified atom stereocenters. The van der Waals surface area contributed by atoms with Gasteiger partial charge in [0, 0.05) is 5.56 Å². The zero-order valence-electron chi connectivity index (χ0n) is 8.47. The van der Waals surface area contributed by atoms with Crippen LogP contribution in [0.4, 0.5) is 8.78 Å². The molecule has 0 amide bonds. The summed E-state index contributed by atoms with van der Waals surface area (Å²) in [6, 6.07) is 1.47. The van der Waals surface area contributed by atoms with Gasteiger partial charge < -0.3 is 20.4 Å². The Bertz CT molecular complexity index is 435. The molecule has 7 heteroatoms. The Labute approximate surface area is 94.6 Å². The van der Waals surface area contributed by atoms with Crippen LogP contribution in [-0.2, 0) is 0 Å². The summed E-state index contributed by atoms with van der Waals surface area (Å²) >= 11 is 0. The molecule has 0 saturated heterocycles. The van der Waals surface area contributed by atoms with Crippen LogP contribution in [0.3, 0.4) is 0 Å². The van der Waals surface area contributed by atoms with Crippen molar-refractivity contribution in [2.45, 2.75) is 12.2 Å². The molecule has 1 aromatic rings. The van der Waals surface area contributed by atoms with Crippen LogP contribution in [0.2, 0.25) is 0 Å². The first-order valence-corrected chi connectivity index (χ1v) is 4.58. The molecule has 0 aliphatic rings. The van der Waals surface area contributed by atoms with E-state index >= 15 is 0 Å². The molecule has 0 saturated carbocycles. The van der Waals surface area contributed by atoms with Crippen LogP contribution in [0.25, 0.3) is 0 Å². The number of rotatable bonds is 4. The van der Waals surface area contributed by atoms with E-state index in [4.69, 9.17) is 15.3 Å². The Balaban J connectivity index is 3.28. The Hall–Kier alpha value is -1.57. The predicted octanol–water partition coefficient (Wildman–Crippen LogP) is 0.0496. The molecule has 0 heterocycles. The first-order chi connectivity index (χ1) is 7.90. The second-order valence-electron chi connectivity index (χ2n) is 3.33. The van der Waals surface area contributed by atoms with Crippen molar-refractivity contribution < 1.29 is 34.0 Å². The number of carbonyl (C=O) groups is 1. The van der Waals surface area contributed by atoms with Gasteiger partial charge in [0.2, 0.25) is 0 Å². The number of benzene rings is 1. The maximum atomic E-state index is 13.6. The molecule has 94 valence electrons. The van der Waals surface area contributed by atoms with E-state index in [0.717, 1.165) is 6.07 Å². The van der Waals surface area contributed by atoms with E-state index in [0.29, 0.717) is 6.07 Å². The first kappa shape index (κ1) is 13.5. The Kier molecular flexibility index (Phi) is 4.11. The van der Waals surface area contributed by atoms with Gasteiger partial charge in [0.05, 0.1) is 6.61 Å². The topological polar surface area (TPSA) is 98.0 Å². The second-order valence-corrected chi connectivity index (χ2v) is 3.33. The van der Waals surface area contributed by atoms with Crippen LogP contribution in [0.1, 0.15) is 22.0 Å². The van der Waals surface area contributed by atoms with E-state index in [1.54, 1.807) is 0 Å². The summed E-state index contributed by atoms with van der Waals surface area (Å²) in [4.78, 5) is 10.6. The minimum absolute atomic E-state index is 0.592. The number of halogens is 2. The van der Waals surface area contributed by atoms with Gasteiger partial charge >= 0.3 is 5.97 Å². The molecule has 0 aliphatic heterocycles. The van der Waals surface area contributed by atoms with Crippen LogP contribution in [0, 0.1) is 11.6 Å². The minimum atomic E-state index is -1.83. The van der Waals surface area contributed by atoms with Crippen LogP contribution in [-0.4, -0.2) is 39.1 Å². The normalized spacial score (nSPS) is 14.4. The predicted molar refractivity (Wildman–Crippen MR) is 51.4 cm³/mol. The SMILES string of the molecule is O=C(O)c1c(F)ccc(C(O)C(O)CO)c1F. The molecule has 0 fully saturated rings. The van der Waals surface area contributed by atoms with Crippen LogP contribution in [0.5, 0.6) is 0 Å². The van der Waals surface area contributed by atoms with E-state index in [-0.39, 0.29) is 0 Å². The summed E-state index contributed by atoms with van der Waals surface area (Å²) in [5.41, 5.74) is -1.81. The highest BCUT2D eigenvalue weighted by Gasteiger charge is 2.26. The van der Waals surface area contributed by atoms with E-state index in [2.05, 4.69) is 0 Å². The molecule has 4 N–H and O–H groups in total. The third-order valence-electron chi connectivity index (χ3n) is 2.21. The molecule has 17 heavy (non-hydrogen) atoms. The molecular formula is C10H10F2O5. The average Bonchev–Trinajstić information content (AvgIpc) is 2.27. The van der Waals surface area contributed by atoms with Gasteiger partial charge in [-0.25, -0.2) is 13.6 Å². The van der Waals surface area contributed by atoms with Gasteiger partial charge in [-0.05, 0) is 6.07 Å². The summed E-state index contributed by atoms with van der Waals surface area (Å²) in [7, 11) is 0. The lowest BCUT2D eigenvalue weighted by atomic mass is 10.0. The zero-order chi connectivity index (χ0) is 13.2. The summed E-state index contributed by atoms with van der Waals surface area (Å²) in [5, 5.41) is 35.6. The molecule has 0 aromatic heterocycles. The molecule has 0 aliphatic carbocycles.